The van der Waals surface area contributed by atoms with Gasteiger partial charge in [-0.05, 0) is 64.2 Å². The maximum absolute atomic E-state index is 12.7. The molecule has 1 saturated heterocycles. The smallest absolute Gasteiger partial charge is 0.317 e. The van der Waals surface area contributed by atoms with Gasteiger partial charge in [0.1, 0.15) is 5.75 Å². The van der Waals surface area contributed by atoms with E-state index in [0.29, 0.717) is 11.7 Å². The Bertz CT molecular complexity index is 807. The first-order chi connectivity index (χ1) is 12.9. The van der Waals surface area contributed by atoms with Gasteiger partial charge in [-0.15, -0.1) is 0 Å². The summed E-state index contributed by atoms with van der Waals surface area (Å²) in [6, 6.07) is 7.38. The van der Waals surface area contributed by atoms with Crippen LogP contribution in [0.2, 0.25) is 0 Å². The zero-order valence-corrected chi connectivity index (χ0v) is 16.7. The fourth-order valence-electron chi connectivity index (χ4n) is 4.19. The number of phenols is 1. The second-order valence-electron chi connectivity index (χ2n) is 7.43. The van der Waals surface area contributed by atoms with Crippen molar-refractivity contribution in [3.8, 4) is 5.75 Å². The molecule has 27 heavy (non-hydrogen) atoms. The Morgan fingerprint density at radius 3 is 2.63 bits per heavy atom. The van der Waals surface area contributed by atoms with Crippen LogP contribution < -0.4 is 5.32 Å². The molecule has 1 fully saturated rings. The number of aromatic hydroxyl groups is 1. The minimum absolute atomic E-state index is 0.0140. The molecule has 1 aromatic heterocycles. The predicted octanol–water partition coefficient (Wildman–Crippen LogP) is 3.88. The highest BCUT2D eigenvalue weighted by Gasteiger charge is 2.26. The van der Waals surface area contributed by atoms with Crippen LogP contribution in [0.1, 0.15) is 61.2 Å². The largest absolute Gasteiger partial charge is 0.508 e. The summed E-state index contributed by atoms with van der Waals surface area (Å²) in [5, 5.41) is 17.4. The van der Waals surface area contributed by atoms with Crippen molar-refractivity contribution in [2.75, 3.05) is 13.1 Å². The lowest BCUT2D eigenvalue weighted by Gasteiger charge is -2.33. The van der Waals surface area contributed by atoms with Crippen LogP contribution in [0, 0.1) is 13.8 Å². The molecule has 0 bridgehead atoms. The molecule has 2 aromatic rings. The first-order valence-corrected chi connectivity index (χ1v) is 9.79. The zero-order valence-electron chi connectivity index (χ0n) is 16.7. The van der Waals surface area contributed by atoms with E-state index in [9.17, 15) is 9.90 Å². The molecule has 0 saturated carbocycles. The van der Waals surface area contributed by atoms with Crippen molar-refractivity contribution in [3.05, 3.63) is 46.8 Å². The first-order valence-electron chi connectivity index (χ1n) is 9.79. The van der Waals surface area contributed by atoms with E-state index >= 15 is 0 Å². The molecule has 0 spiro atoms. The van der Waals surface area contributed by atoms with Gasteiger partial charge in [-0.25, -0.2) is 4.79 Å². The van der Waals surface area contributed by atoms with E-state index in [1.54, 1.807) is 6.07 Å². The molecule has 1 aliphatic heterocycles. The number of aromatic nitrogens is 2. The van der Waals surface area contributed by atoms with Crippen LogP contribution in [0.25, 0.3) is 0 Å². The number of benzene rings is 1. The van der Waals surface area contributed by atoms with Crippen LogP contribution >= 0.6 is 0 Å². The number of likely N-dealkylation sites (tertiary alicyclic amines) is 1. The van der Waals surface area contributed by atoms with Gasteiger partial charge in [0.2, 0.25) is 0 Å². The molecule has 2 amide bonds. The van der Waals surface area contributed by atoms with Gasteiger partial charge < -0.3 is 15.3 Å². The van der Waals surface area contributed by atoms with Gasteiger partial charge in [-0.1, -0.05) is 12.1 Å². The average molecular weight is 370 g/mol. The van der Waals surface area contributed by atoms with E-state index < -0.39 is 0 Å². The van der Waals surface area contributed by atoms with E-state index in [1.165, 1.54) is 0 Å². The second kappa shape index (κ2) is 8.03. The number of piperidine rings is 1. The summed E-state index contributed by atoms with van der Waals surface area (Å²) < 4.78 is 1.98. The van der Waals surface area contributed by atoms with E-state index in [2.05, 4.69) is 30.3 Å². The number of phenolic OH excluding ortho intramolecular Hbond substituents is 1. The lowest BCUT2D eigenvalue weighted by molar-refractivity contribution is 0.178. The Labute approximate surface area is 161 Å². The van der Waals surface area contributed by atoms with Crippen LogP contribution in [-0.2, 0) is 6.54 Å². The molecule has 6 nitrogen and oxygen atoms in total. The Hall–Kier alpha value is -2.50. The van der Waals surface area contributed by atoms with E-state index in [4.69, 9.17) is 0 Å². The van der Waals surface area contributed by atoms with Crippen molar-refractivity contribution in [2.45, 2.75) is 59.0 Å². The average Bonchev–Trinajstić information content (AvgIpc) is 2.95. The molecular weight excluding hydrogens is 340 g/mol. The predicted molar refractivity (Wildman–Crippen MR) is 106 cm³/mol. The van der Waals surface area contributed by atoms with Crippen molar-refractivity contribution in [3.63, 3.8) is 0 Å². The van der Waals surface area contributed by atoms with Gasteiger partial charge in [0, 0.05) is 30.9 Å². The van der Waals surface area contributed by atoms with Crippen LogP contribution in [0.5, 0.6) is 5.75 Å². The number of carbonyl (C=O) groups is 1. The Morgan fingerprint density at radius 1 is 1.33 bits per heavy atom. The molecule has 1 atom stereocenters. The monoisotopic (exact) mass is 370 g/mol. The normalized spacial score (nSPS) is 16.4. The highest BCUT2D eigenvalue weighted by atomic mass is 16.3. The number of amides is 2. The topological polar surface area (TPSA) is 70.4 Å². The van der Waals surface area contributed by atoms with Crippen LogP contribution in [-0.4, -0.2) is 38.9 Å². The molecule has 1 aromatic carbocycles. The molecule has 146 valence electrons. The third kappa shape index (κ3) is 4.10. The van der Waals surface area contributed by atoms with Crippen LogP contribution in [0.15, 0.2) is 24.3 Å². The quantitative estimate of drug-likeness (QED) is 0.858. The molecule has 2 N–H and O–H groups in total. The number of hydrogen-bond acceptors (Lipinski definition) is 3. The molecule has 6 heteroatoms. The lowest BCUT2D eigenvalue weighted by Crippen LogP contribution is -2.45. The summed E-state index contributed by atoms with van der Waals surface area (Å²) in [7, 11) is 0. The molecule has 1 aliphatic rings. The van der Waals surface area contributed by atoms with Gasteiger partial charge in [0.05, 0.1) is 11.7 Å². The number of urea groups is 1. The number of nitrogens with one attached hydrogen (secondary N) is 1. The van der Waals surface area contributed by atoms with Crippen LogP contribution in [0.3, 0.4) is 0 Å². The Balaban J connectivity index is 1.59. The molecule has 0 radical (unpaired) electrons. The Kier molecular flexibility index (Phi) is 5.73. The summed E-state index contributed by atoms with van der Waals surface area (Å²) in [5.74, 6) is 0.700. The minimum atomic E-state index is -0.0680. The van der Waals surface area contributed by atoms with Crippen molar-refractivity contribution in [2.24, 2.45) is 0 Å². The number of carbonyl (C=O) groups excluding carboxylic acids is 1. The maximum atomic E-state index is 12.7. The van der Waals surface area contributed by atoms with Crippen molar-refractivity contribution in [1.82, 2.24) is 20.0 Å². The molecular formula is C21H30N4O2. The first kappa shape index (κ1) is 19.3. The van der Waals surface area contributed by atoms with Gasteiger partial charge in [-0.3, -0.25) is 4.68 Å². The Morgan fingerprint density at radius 2 is 2.04 bits per heavy atom. The molecule has 0 unspecified atom stereocenters. The van der Waals surface area contributed by atoms with Gasteiger partial charge in [-0.2, -0.15) is 5.10 Å². The van der Waals surface area contributed by atoms with Crippen molar-refractivity contribution < 1.29 is 9.90 Å². The van der Waals surface area contributed by atoms with Crippen molar-refractivity contribution in [1.29, 1.82) is 0 Å². The number of nitrogens with zero attached hydrogens (tertiary/aromatic N) is 3. The lowest BCUT2D eigenvalue weighted by atomic mass is 9.89. The fourth-order valence-corrected chi connectivity index (χ4v) is 4.19. The summed E-state index contributed by atoms with van der Waals surface area (Å²) in [6.45, 7) is 10.4. The van der Waals surface area contributed by atoms with Gasteiger partial charge in [0.25, 0.3) is 0 Å². The fraction of sp³-hybridized carbons (Fsp3) is 0.524. The highest BCUT2D eigenvalue weighted by Crippen LogP contribution is 2.30. The van der Waals surface area contributed by atoms with E-state index in [0.717, 1.165) is 55.0 Å². The highest BCUT2D eigenvalue weighted by molar-refractivity contribution is 5.75. The summed E-state index contributed by atoms with van der Waals surface area (Å²) in [6.07, 6.45) is 1.83. The van der Waals surface area contributed by atoms with Crippen LogP contribution in [0.4, 0.5) is 4.79 Å². The third-order valence-electron chi connectivity index (χ3n) is 5.63. The molecule has 2 heterocycles. The van der Waals surface area contributed by atoms with E-state index in [-0.39, 0.29) is 12.1 Å². The number of aryl methyl sites for hydroxylation is 2. The van der Waals surface area contributed by atoms with Crippen molar-refractivity contribution >= 4 is 6.03 Å². The number of hydrogen-bond donors (Lipinski definition) is 2. The molecule has 3 rings (SSSR count). The summed E-state index contributed by atoms with van der Waals surface area (Å²) >= 11 is 0. The second-order valence-corrected chi connectivity index (χ2v) is 7.43. The van der Waals surface area contributed by atoms with E-state index in [1.807, 2.05) is 35.6 Å². The third-order valence-corrected chi connectivity index (χ3v) is 5.63. The number of rotatable bonds is 4. The van der Waals surface area contributed by atoms with Gasteiger partial charge in [0.15, 0.2) is 0 Å². The molecule has 0 aliphatic carbocycles. The maximum Gasteiger partial charge on any atom is 0.317 e. The summed E-state index contributed by atoms with van der Waals surface area (Å²) in [4.78, 5) is 14.6. The SMILES string of the molecule is CCn1nc(C)c([C@@H](C)NC(=O)N2CCC(c3cccc(O)c3)CC2)c1C. The zero-order chi connectivity index (χ0) is 19.6. The standard InChI is InChI=1S/C21H30N4O2/c1-5-25-16(4)20(15(3)23-25)14(2)22-21(27)24-11-9-17(10-12-24)18-7-6-8-19(26)13-18/h6-8,13-14,17,26H,5,9-12H2,1-4H3,(H,22,27)/t14-/m1/s1. The summed E-state index contributed by atoms with van der Waals surface area (Å²) in [5.41, 5.74) is 4.36. The minimum Gasteiger partial charge on any atom is -0.508 e. The van der Waals surface area contributed by atoms with Gasteiger partial charge >= 0.3 is 6.03 Å².